The number of para-hydroxylation sites is 2. The van der Waals surface area contributed by atoms with Gasteiger partial charge in [-0.2, -0.15) is 5.26 Å². The highest BCUT2D eigenvalue weighted by Gasteiger charge is 2.14. The van der Waals surface area contributed by atoms with Crippen molar-refractivity contribution in [1.29, 1.82) is 5.26 Å². The molecule has 0 fully saturated rings. The summed E-state index contributed by atoms with van der Waals surface area (Å²) in [7, 11) is 0. The molecule has 1 heterocycles. The van der Waals surface area contributed by atoms with Crippen molar-refractivity contribution in [3.05, 3.63) is 56.8 Å². The molecule has 0 aliphatic heterocycles. The number of aromatic nitrogens is 2. The van der Waals surface area contributed by atoms with E-state index in [1.807, 2.05) is 6.07 Å². The van der Waals surface area contributed by atoms with Gasteiger partial charge in [-0.1, -0.05) is 35.3 Å². The SMILES string of the molecule is N#Cc1cccc2c1[nH]c(=S)n2-c1c(Cl)cccc1Cl. The first-order valence-corrected chi connectivity index (χ1v) is 6.88. The highest BCUT2D eigenvalue weighted by molar-refractivity contribution is 7.71. The highest BCUT2D eigenvalue weighted by Crippen LogP contribution is 2.32. The molecule has 1 N–H and O–H groups in total. The van der Waals surface area contributed by atoms with E-state index in [0.717, 1.165) is 5.52 Å². The molecule has 1 aromatic heterocycles. The van der Waals surface area contributed by atoms with Crippen LogP contribution in [-0.4, -0.2) is 9.55 Å². The third-order valence-electron chi connectivity index (χ3n) is 3.00. The topological polar surface area (TPSA) is 44.5 Å². The third-order valence-corrected chi connectivity index (χ3v) is 3.89. The molecule has 6 heteroatoms. The third kappa shape index (κ3) is 1.92. The van der Waals surface area contributed by atoms with Gasteiger partial charge in [0.1, 0.15) is 6.07 Å². The molecule has 0 unspecified atom stereocenters. The van der Waals surface area contributed by atoms with Crippen LogP contribution in [0.5, 0.6) is 0 Å². The van der Waals surface area contributed by atoms with Crippen LogP contribution in [0.3, 0.4) is 0 Å². The van der Waals surface area contributed by atoms with Gasteiger partial charge in [0.2, 0.25) is 0 Å². The molecule has 0 radical (unpaired) electrons. The second-order valence-electron chi connectivity index (χ2n) is 4.15. The normalized spacial score (nSPS) is 10.7. The first-order chi connectivity index (χ1) is 9.63. The van der Waals surface area contributed by atoms with Gasteiger partial charge in [0.15, 0.2) is 4.77 Å². The fourth-order valence-corrected chi connectivity index (χ4v) is 3.01. The molecule has 0 amide bonds. The monoisotopic (exact) mass is 319 g/mol. The maximum atomic E-state index is 9.15. The molecule has 0 aliphatic rings. The average molecular weight is 320 g/mol. The zero-order valence-corrected chi connectivity index (χ0v) is 12.4. The number of nitrogens with one attached hydrogen (secondary N) is 1. The maximum Gasteiger partial charge on any atom is 0.182 e. The number of hydrogen-bond acceptors (Lipinski definition) is 2. The number of benzene rings is 2. The lowest BCUT2D eigenvalue weighted by Crippen LogP contribution is -1.96. The Morgan fingerprint density at radius 3 is 2.40 bits per heavy atom. The number of nitriles is 1. The minimum atomic E-state index is 0.442. The van der Waals surface area contributed by atoms with Crippen molar-refractivity contribution in [2.45, 2.75) is 0 Å². The lowest BCUT2D eigenvalue weighted by Gasteiger charge is -2.09. The fraction of sp³-hybridized carbons (Fsp3) is 0. The largest absolute Gasteiger partial charge is 0.329 e. The Morgan fingerprint density at radius 2 is 1.75 bits per heavy atom. The van der Waals surface area contributed by atoms with Crippen LogP contribution in [0.1, 0.15) is 5.56 Å². The Kier molecular flexibility index (Phi) is 3.27. The van der Waals surface area contributed by atoms with Crippen LogP contribution < -0.4 is 0 Å². The Labute approximate surface area is 130 Å². The van der Waals surface area contributed by atoms with Crippen LogP contribution in [0.25, 0.3) is 16.7 Å². The summed E-state index contributed by atoms with van der Waals surface area (Å²) in [6.07, 6.45) is 0. The van der Waals surface area contributed by atoms with Crippen molar-refractivity contribution >= 4 is 46.5 Å². The molecule has 2 aromatic carbocycles. The summed E-state index contributed by atoms with van der Waals surface area (Å²) in [6, 6.07) is 12.8. The van der Waals surface area contributed by atoms with E-state index in [2.05, 4.69) is 11.1 Å². The number of nitrogens with zero attached hydrogens (tertiary/aromatic N) is 2. The summed E-state index contributed by atoms with van der Waals surface area (Å²) < 4.78 is 2.19. The van der Waals surface area contributed by atoms with Crippen LogP contribution >= 0.6 is 35.4 Å². The molecule has 0 saturated heterocycles. The Morgan fingerprint density at radius 1 is 1.10 bits per heavy atom. The summed E-state index contributed by atoms with van der Waals surface area (Å²) in [6.45, 7) is 0. The Balaban J connectivity index is 2.48. The Bertz CT molecular complexity index is 898. The number of halogens is 2. The molecule has 0 aliphatic carbocycles. The minimum Gasteiger partial charge on any atom is -0.329 e. The van der Waals surface area contributed by atoms with E-state index in [1.54, 1.807) is 34.9 Å². The van der Waals surface area contributed by atoms with Crippen molar-refractivity contribution in [2.75, 3.05) is 0 Å². The van der Waals surface area contributed by atoms with Gasteiger partial charge in [-0.3, -0.25) is 4.57 Å². The maximum absolute atomic E-state index is 9.15. The molecule has 0 saturated carbocycles. The van der Waals surface area contributed by atoms with Crippen molar-refractivity contribution in [2.24, 2.45) is 0 Å². The number of hydrogen-bond donors (Lipinski definition) is 1. The van der Waals surface area contributed by atoms with Gasteiger partial charge in [0.05, 0.1) is 32.3 Å². The second kappa shape index (κ2) is 4.95. The Hall–Kier alpha value is -1.80. The number of aromatic amines is 1. The van der Waals surface area contributed by atoms with Gasteiger partial charge in [-0.25, -0.2) is 0 Å². The summed E-state index contributed by atoms with van der Waals surface area (Å²) in [5, 5.41) is 10.1. The van der Waals surface area contributed by atoms with Gasteiger partial charge < -0.3 is 4.98 Å². The van der Waals surface area contributed by atoms with Crippen LogP contribution in [0.2, 0.25) is 10.0 Å². The van der Waals surface area contributed by atoms with Gasteiger partial charge in [0, 0.05) is 0 Å². The number of rotatable bonds is 1. The van der Waals surface area contributed by atoms with Crippen LogP contribution in [-0.2, 0) is 0 Å². The number of fused-ring (bicyclic) bond motifs is 1. The molecule has 3 nitrogen and oxygen atoms in total. The lowest BCUT2D eigenvalue weighted by atomic mass is 10.2. The van der Waals surface area contributed by atoms with E-state index in [0.29, 0.717) is 31.6 Å². The zero-order chi connectivity index (χ0) is 14.3. The smallest absolute Gasteiger partial charge is 0.182 e. The molecule has 3 rings (SSSR count). The summed E-state index contributed by atoms with van der Waals surface area (Å²) in [5.41, 5.74) is 2.58. The minimum absolute atomic E-state index is 0.442. The van der Waals surface area contributed by atoms with Gasteiger partial charge in [0.25, 0.3) is 0 Å². The van der Waals surface area contributed by atoms with Crippen molar-refractivity contribution < 1.29 is 0 Å². The van der Waals surface area contributed by atoms with Crippen molar-refractivity contribution in [1.82, 2.24) is 9.55 Å². The van der Waals surface area contributed by atoms with E-state index in [9.17, 15) is 0 Å². The van der Waals surface area contributed by atoms with Crippen LogP contribution in [0.15, 0.2) is 36.4 Å². The van der Waals surface area contributed by atoms with E-state index >= 15 is 0 Å². The summed E-state index contributed by atoms with van der Waals surface area (Å²) >= 11 is 17.8. The van der Waals surface area contributed by atoms with E-state index < -0.39 is 0 Å². The molecule has 0 bridgehead atoms. The quantitative estimate of drug-likeness (QED) is 0.650. The van der Waals surface area contributed by atoms with Crippen LogP contribution in [0, 0.1) is 16.1 Å². The molecule has 0 atom stereocenters. The highest BCUT2D eigenvalue weighted by atomic mass is 35.5. The van der Waals surface area contributed by atoms with Gasteiger partial charge in [-0.05, 0) is 36.5 Å². The molecular formula is C14H7Cl2N3S. The number of imidazole rings is 1. The lowest BCUT2D eigenvalue weighted by molar-refractivity contribution is 1.07. The zero-order valence-electron chi connectivity index (χ0n) is 10.0. The second-order valence-corrected chi connectivity index (χ2v) is 5.35. The van der Waals surface area contributed by atoms with Gasteiger partial charge >= 0.3 is 0 Å². The standard InChI is InChI=1S/C14H7Cl2N3S/c15-9-4-2-5-10(16)13(9)19-11-6-1-3-8(7-17)12(11)18-14(19)20/h1-6H,(H,18,20). The summed E-state index contributed by atoms with van der Waals surface area (Å²) in [5.74, 6) is 0. The van der Waals surface area contributed by atoms with Crippen LogP contribution in [0.4, 0.5) is 0 Å². The molecule has 20 heavy (non-hydrogen) atoms. The predicted octanol–water partition coefficient (Wildman–Crippen LogP) is 4.87. The first kappa shape index (κ1) is 13.2. The number of H-pyrrole nitrogens is 1. The van der Waals surface area contributed by atoms with Gasteiger partial charge in [-0.15, -0.1) is 0 Å². The molecular weight excluding hydrogens is 313 g/mol. The molecule has 98 valence electrons. The predicted molar refractivity (Wildman–Crippen MR) is 83.2 cm³/mol. The average Bonchev–Trinajstić information content (AvgIpc) is 2.75. The molecule has 0 spiro atoms. The van der Waals surface area contributed by atoms with E-state index in [-0.39, 0.29) is 0 Å². The molecule has 3 aromatic rings. The van der Waals surface area contributed by atoms with E-state index in [4.69, 9.17) is 40.7 Å². The van der Waals surface area contributed by atoms with E-state index in [1.165, 1.54) is 0 Å². The van der Waals surface area contributed by atoms with Crippen molar-refractivity contribution in [3.63, 3.8) is 0 Å². The van der Waals surface area contributed by atoms with Crippen molar-refractivity contribution in [3.8, 4) is 11.8 Å². The first-order valence-electron chi connectivity index (χ1n) is 5.71. The summed E-state index contributed by atoms with van der Waals surface area (Å²) in [4.78, 5) is 3.04. The fourth-order valence-electron chi connectivity index (χ4n) is 2.15.